The van der Waals surface area contributed by atoms with Crippen LogP contribution in [-0.2, 0) is 0 Å². The molecule has 0 radical (unpaired) electrons. The van der Waals surface area contributed by atoms with Crippen LogP contribution < -0.4 is 5.32 Å². The number of benzene rings is 1. The summed E-state index contributed by atoms with van der Waals surface area (Å²) in [5.74, 6) is -0.251. The molecule has 0 saturated carbocycles. The second-order valence-electron chi connectivity index (χ2n) is 6.42. The summed E-state index contributed by atoms with van der Waals surface area (Å²) in [4.78, 5) is 17.7. The maximum absolute atomic E-state index is 13.0. The van der Waals surface area contributed by atoms with E-state index in [1.807, 2.05) is 55.8 Å². The van der Waals surface area contributed by atoms with Gasteiger partial charge in [0.05, 0.1) is 22.8 Å². The highest BCUT2D eigenvalue weighted by Gasteiger charge is 2.19. The van der Waals surface area contributed by atoms with Gasteiger partial charge in [-0.2, -0.15) is 5.10 Å². The van der Waals surface area contributed by atoms with Gasteiger partial charge in [0.25, 0.3) is 5.91 Å². The topological polar surface area (TPSA) is 85.6 Å². The van der Waals surface area contributed by atoms with Crippen LogP contribution in [0.4, 0.5) is 5.13 Å². The van der Waals surface area contributed by atoms with Crippen LogP contribution in [0.25, 0.3) is 22.3 Å². The lowest BCUT2D eigenvalue weighted by molar-refractivity contribution is 0.102. The Hall–Kier alpha value is -3.13. The van der Waals surface area contributed by atoms with E-state index >= 15 is 0 Å². The van der Waals surface area contributed by atoms with Gasteiger partial charge < -0.3 is 0 Å². The molecule has 0 aliphatic heterocycles. The molecule has 136 valence electrons. The van der Waals surface area contributed by atoms with Crippen molar-refractivity contribution in [3.05, 3.63) is 53.2 Å². The molecular weight excluding hydrogens is 360 g/mol. The molecule has 0 spiro atoms. The molecule has 0 bridgehead atoms. The fourth-order valence-electron chi connectivity index (χ4n) is 2.85. The normalized spacial score (nSPS) is 11.3. The van der Waals surface area contributed by atoms with Gasteiger partial charge >= 0.3 is 0 Å². The molecule has 0 atom stereocenters. The summed E-state index contributed by atoms with van der Waals surface area (Å²) in [5, 5.41) is 17.2. The average molecular weight is 378 g/mol. The largest absolute Gasteiger partial charge is 0.296 e. The number of carbonyl (C=O) groups excluding carboxylic acids is 1. The molecule has 1 aromatic carbocycles. The van der Waals surface area contributed by atoms with Gasteiger partial charge in [-0.25, -0.2) is 9.67 Å². The number of nitrogens with one attached hydrogen (secondary N) is 1. The molecule has 1 amide bonds. The van der Waals surface area contributed by atoms with Crippen molar-refractivity contribution in [3.63, 3.8) is 0 Å². The number of aryl methyl sites for hydroxylation is 1. The van der Waals surface area contributed by atoms with E-state index in [-0.39, 0.29) is 11.9 Å². The van der Waals surface area contributed by atoms with E-state index < -0.39 is 0 Å². The standard InChI is InChI=1S/C19H18N6OS/c1-11(2)25-17-15(10-20-25)14(18(26)22-19-24-23-12(3)27-19)9-16(21-17)13-7-5-4-6-8-13/h4-11H,1-3H3,(H,22,24,26). The van der Waals surface area contributed by atoms with E-state index in [4.69, 9.17) is 4.98 Å². The minimum atomic E-state index is -0.251. The van der Waals surface area contributed by atoms with E-state index in [0.29, 0.717) is 21.7 Å². The highest BCUT2D eigenvalue weighted by atomic mass is 32.1. The number of anilines is 1. The number of hydrogen-bond acceptors (Lipinski definition) is 6. The Labute approximate surface area is 160 Å². The van der Waals surface area contributed by atoms with Crippen molar-refractivity contribution >= 4 is 33.4 Å². The molecule has 3 heterocycles. The van der Waals surface area contributed by atoms with E-state index in [1.54, 1.807) is 12.3 Å². The fourth-order valence-corrected chi connectivity index (χ4v) is 3.44. The molecule has 0 saturated heterocycles. The number of carbonyl (C=O) groups is 1. The Balaban J connectivity index is 1.86. The van der Waals surface area contributed by atoms with Gasteiger partial charge in [0, 0.05) is 11.6 Å². The quantitative estimate of drug-likeness (QED) is 0.578. The molecule has 0 unspecified atom stereocenters. The first kappa shape index (κ1) is 17.3. The van der Waals surface area contributed by atoms with Crippen LogP contribution >= 0.6 is 11.3 Å². The van der Waals surface area contributed by atoms with Gasteiger partial charge in [-0.05, 0) is 26.8 Å². The SMILES string of the molecule is Cc1nnc(NC(=O)c2cc(-c3ccccc3)nc3c2cnn3C(C)C)s1. The van der Waals surface area contributed by atoms with Gasteiger partial charge in [0.15, 0.2) is 5.65 Å². The summed E-state index contributed by atoms with van der Waals surface area (Å²) in [6, 6.07) is 11.7. The van der Waals surface area contributed by atoms with Gasteiger partial charge in [0.2, 0.25) is 5.13 Å². The van der Waals surface area contributed by atoms with Crippen molar-refractivity contribution in [2.24, 2.45) is 0 Å². The van der Waals surface area contributed by atoms with Gasteiger partial charge in [-0.1, -0.05) is 41.7 Å². The lowest BCUT2D eigenvalue weighted by Gasteiger charge is -2.10. The van der Waals surface area contributed by atoms with E-state index in [0.717, 1.165) is 16.3 Å². The highest BCUT2D eigenvalue weighted by Crippen LogP contribution is 2.27. The molecule has 1 N–H and O–H groups in total. The summed E-state index contributed by atoms with van der Waals surface area (Å²) in [7, 11) is 0. The van der Waals surface area contributed by atoms with Gasteiger partial charge in [0.1, 0.15) is 5.01 Å². The van der Waals surface area contributed by atoms with Crippen LogP contribution in [0.1, 0.15) is 35.3 Å². The first-order valence-corrected chi connectivity index (χ1v) is 9.39. The number of nitrogens with zero attached hydrogens (tertiary/aromatic N) is 5. The monoisotopic (exact) mass is 378 g/mol. The van der Waals surface area contributed by atoms with E-state index in [2.05, 4.69) is 20.6 Å². The zero-order chi connectivity index (χ0) is 19.0. The molecule has 3 aromatic heterocycles. The second kappa shape index (κ2) is 6.88. The summed E-state index contributed by atoms with van der Waals surface area (Å²) < 4.78 is 1.83. The van der Waals surface area contributed by atoms with E-state index in [9.17, 15) is 4.79 Å². The molecule has 0 aliphatic rings. The minimum absolute atomic E-state index is 0.128. The second-order valence-corrected chi connectivity index (χ2v) is 7.60. The Morgan fingerprint density at radius 1 is 1.19 bits per heavy atom. The Kier molecular flexibility index (Phi) is 4.41. The van der Waals surface area contributed by atoms with Crippen LogP contribution in [0.3, 0.4) is 0 Å². The molecule has 27 heavy (non-hydrogen) atoms. The lowest BCUT2D eigenvalue weighted by Crippen LogP contribution is -2.13. The van der Waals surface area contributed by atoms with Crippen molar-refractivity contribution in [2.45, 2.75) is 26.8 Å². The first-order chi connectivity index (χ1) is 13.0. The van der Waals surface area contributed by atoms with Crippen LogP contribution in [0.15, 0.2) is 42.6 Å². The number of amides is 1. The Bertz CT molecular complexity index is 1120. The Morgan fingerprint density at radius 2 is 1.96 bits per heavy atom. The van der Waals surface area contributed by atoms with Gasteiger partial charge in [-0.15, -0.1) is 10.2 Å². The third-order valence-electron chi connectivity index (χ3n) is 4.12. The summed E-state index contributed by atoms with van der Waals surface area (Å²) in [6.07, 6.45) is 1.69. The zero-order valence-corrected chi connectivity index (χ0v) is 16.0. The number of rotatable bonds is 4. The number of hydrogen-bond donors (Lipinski definition) is 1. The number of fused-ring (bicyclic) bond motifs is 1. The summed E-state index contributed by atoms with van der Waals surface area (Å²) in [5.41, 5.74) is 2.87. The average Bonchev–Trinajstić information content (AvgIpc) is 3.27. The third-order valence-corrected chi connectivity index (χ3v) is 4.87. The number of pyridine rings is 1. The molecule has 4 aromatic rings. The third kappa shape index (κ3) is 3.31. The lowest BCUT2D eigenvalue weighted by atomic mass is 10.1. The van der Waals surface area contributed by atoms with Crippen molar-refractivity contribution in [3.8, 4) is 11.3 Å². The van der Waals surface area contributed by atoms with E-state index in [1.165, 1.54) is 11.3 Å². The Morgan fingerprint density at radius 3 is 2.63 bits per heavy atom. The predicted molar refractivity (Wildman–Crippen MR) is 106 cm³/mol. The molecule has 4 rings (SSSR count). The van der Waals surface area contributed by atoms with Crippen LogP contribution in [0.5, 0.6) is 0 Å². The predicted octanol–water partition coefficient (Wildman–Crippen LogP) is 4.09. The number of aromatic nitrogens is 5. The maximum Gasteiger partial charge on any atom is 0.258 e. The molecule has 0 fully saturated rings. The summed E-state index contributed by atoms with van der Waals surface area (Å²) >= 11 is 1.34. The van der Waals surface area contributed by atoms with Crippen molar-refractivity contribution in [1.82, 2.24) is 25.0 Å². The molecule has 7 nitrogen and oxygen atoms in total. The first-order valence-electron chi connectivity index (χ1n) is 8.58. The zero-order valence-electron chi connectivity index (χ0n) is 15.2. The minimum Gasteiger partial charge on any atom is -0.296 e. The van der Waals surface area contributed by atoms with Crippen LogP contribution in [0.2, 0.25) is 0 Å². The fraction of sp³-hybridized carbons (Fsp3) is 0.211. The maximum atomic E-state index is 13.0. The van der Waals surface area contributed by atoms with Crippen molar-refractivity contribution in [1.29, 1.82) is 0 Å². The molecule has 0 aliphatic carbocycles. The highest BCUT2D eigenvalue weighted by molar-refractivity contribution is 7.15. The summed E-state index contributed by atoms with van der Waals surface area (Å²) in [6.45, 7) is 5.91. The molecular formula is C19H18N6OS. The molecule has 8 heteroatoms. The van der Waals surface area contributed by atoms with Crippen LogP contribution in [-0.4, -0.2) is 30.9 Å². The van der Waals surface area contributed by atoms with Crippen molar-refractivity contribution < 1.29 is 4.79 Å². The van der Waals surface area contributed by atoms with Gasteiger partial charge in [-0.3, -0.25) is 10.1 Å². The smallest absolute Gasteiger partial charge is 0.258 e. The van der Waals surface area contributed by atoms with Crippen molar-refractivity contribution in [2.75, 3.05) is 5.32 Å². The van der Waals surface area contributed by atoms with Crippen LogP contribution in [0, 0.1) is 6.92 Å².